The van der Waals surface area contributed by atoms with E-state index in [1.807, 2.05) is 0 Å². The van der Waals surface area contributed by atoms with Gasteiger partial charge < -0.3 is 5.11 Å². The van der Waals surface area contributed by atoms with E-state index in [9.17, 15) is 9.18 Å². The second-order valence-corrected chi connectivity index (χ2v) is 1.97. The first kappa shape index (κ1) is 8.14. The van der Waals surface area contributed by atoms with Crippen LogP contribution in [0.2, 0.25) is 0 Å². The monoisotopic (exact) mass is 166 g/mol. The van der Waals surface area contributed by atoms with Gasteiger partial charge in [-0.1, -0.05) is 0 Å². The smallest absolute Gasteiger partial charge is 0.340 e. The number of nitrogens with zero attached hydrogens (tertiary/aromatic N) is 2. The number of aromatic nitrogens is 1. The van der Waals surface area contributed by atoms with Gasteiger partial charge in [-0.25, -0.2) is 14.2 Å². The van der Waals surface area contributed by atoms with Crippen LogP contribution in [-0.4, -0.2) is 16.1 Å². The van der Waals surface area contributed by atoms with Crippen LogP contribution in [-0.2, 0) is 0 Å². The van der Waals surface area contributed by atoms with E-state index in [1.165, 1.54) is 0 Å². The van der Waals surface area contributed by atoms with Crippen LogP contribution >= 0.6 is 0 Å². The molecule has 0 aliphatic carbocycles. The standard InChI is InChI=1S/C7H3FN2O2/c8-6-1-4(2-9)10-3-5(6)7(11)12/h1,3H,(H,11,12). The van der Waals surface area contributed by atoms with Gasteiger partial charge in [0.2, 0.25) is 0 Å². The molecule has 1 heterocycles. The lowest BCUT2D eigenvalue weighted by atomic mass is 10.2. The Labute approximate surface area is 66.9 Å². The van der Waals surface area contributed by atoms with Crippen molar-refractivity contribution in [3.63, 3.8) is 0 Å². The Morgan fingerprint density at radius 2 is 2.42 bits per heavy atom. The van der Waals surface area contributed by atoms with Crippen LogP contribution in [0.3, 0.4) is 0 Å². The van der Waals surface area contributed by atoms with Crippen molar-refractivity contribution >= 4 is 5.97 Å². The molecule has 5 heteroatoms. The molecule has 0 fully saturated rings. The highest BCUT2D eigenvalue weighted by molar-refractivity contribution is 5.87. The molecule has 1 N–H and O–H groups in total. The van der Waals surface area contributed by atoms with E-state index in [-0.39, 0.29) is 5.69 Å². The zero-order valence-electron chi connectivity index (χ0n) is 5.78. The third-order valence-electron chi connectivity index (χ3n) is 1.20. The molecule has 0 aliphatic rings. The molecule has 4 nitrogen and oxygen atoms in total. The molecule has 0 aromatic carbocycles. The van der Waals surface area contributed by atoms with Crippen molar-refractivity contribution in [1.82, 2.24) is 4.98 Å². The van der Waals surface area contributed by atoms with Gasteiger partial charge in [0.05, 0.1) is 0 Å². The highest BCUT2D eigenvalue weighted by Gasteiger charge is 2.10. The fraction of sp³-hybridized carbons (Fsp3) is 0. The zero-order chi connectivity index (χ0) is 9.14. The van der Waals surface area contributed by atoms with Gasteiger partial charge in [0.15, 0.2) is 0 Å². The quantitative estimate of drug-likeness (QED) is 0.669. The van der Waals surface area contributed by atoms with E-state index >= 15 is 0 Å². The van der Waals surface area contributed by atoms with Crippen molar-refractivity contribution in [1.29, 1.82) is 5.26 Å². The minimum Gasteiger partial charge on any atom is -0.478 e. The molecule has 1 rings (SSSR count). The average molecular weight is 166 g/mol. The molecule has 0 saturated heterocycles. The molecule has 12 heavy (non-hydrogen) atoms. The maximum atomic E-state index is 12.7. The lowest BCUT2D eigenvalue weighted by molar-refractivity contribution is 0.0691. The molecule has 0 amide bonds. The molecule has 0 saturated carbocycles. The number of carboxylic acid groups (broad SMARTS) is 1. The minimum atomic E-state index is -1.40. The molecule has 0 bridgehead atoms. The van der Waals surface area contributed by atoms with E-state index < -0.39 is 17.3 Å². The summed E-state index contributed by atoms with van der Waals surface area (Å²) in [6, 6.07) is 2.37. The average Bonchev–Trinajstić information content (AvgIpc) is 2.03. The predicted molar refractivity (Wildman–Crippen MR) is 35.9 cm³/mol. The number of rotatable bonds is 1. The van der Waals surface area contributed by atoms with Crippen LogP contribution in [0.5, 0.6) is 0 Å². The lowest BCUT2D eigenvalue weighted by Crippen LogP contribution is -2.02. The van der Waals surface area contributed by atoms with Crippen LogP contribution in [0.1, 0.15) is 16.1 Å². The number of aromatic carboxylic acids is 1. The largest absolute Gasteiger partial charge is 0.478 e. The molecular formula is C7H3FN2O2. The fourth-order valence-corrected chi connectivity index (χ4v) is 0.649. The van der Waals surface area contributed by atoms with Gasteiger partial charge in [0, 0.05) is 12.3 Å². The second kappa shape index (κ2) is 2.96. The first-order valence-electron chi connectivity index (χ1n) is 2.94. The summed E-state index contributed by atoms with van der Waals surface area (Å²) in [7, 11) is 0. The first-order chi connectivity index (χ1) is 5.65. The third kappa shape index (κ3) is 1.37. The summed E-state index contributed by atoms with van der Waals surface area (Å²) in [6.07, 6.45) is 0.816. The number of carboxylic acids is 1. The second-order valence-electron chi connectivity index (χ2n) is 1.97. The maximum Gasteiger partial charge on any atom is 0.340 e. The number of hydrogen-bond donors (Lipinski definition) is 1. The minimum absolute atomic E-state index is 0.141. The van der Waals surface area contributed by atoms with Crippen LogP contribution < -0.4 is 0 Å². The molecule has 0 aliphatic heterocycles. The van der Waals surface area contributed by atoms with Crippen molar-refractivity contribution < 1.29 is 14.3 Å². The highest BCUT2D eigenvalue weighted by atomic mass is 19.1. The summed E-state index contributed by atoms with van der Waals surface area (Å²) in [6.45, 7) is 0. The number of hydrogen-bond acceptors (Lipinski definition) is 3. The Kier molecular flexibility index (Phi) is 2.01. The zero-order valence-corrected chi connectivity index (χ0v) is 5.78. The molecule has 0 spiro atoms. The molecule has 0 atom stereocenters. The van der Waals surface area contributed by atoms with Gasteiger partial charge >= 0.3 is 5.97 Å². The first-order valence-corrected chi connectivity index (χ1v) is 2.94. The molecule has 0 radical (unpaired) electrons. The van der Waals surface area contributed by atoms with Crippen molar-refractivity contribution in [3.8, 4) is 6.07 Å². The van der Waals surface area contributed by atoms with Crippen LogP contribution in [0.4, 0.5) is 4.39 Å². The van der Waals surface area contributed by atoms with Crippen molar-refractivity contribution in [2.75, 3.05) is 0 Å². The lowest BCUT2D eigenvalue weighted by Gasteiger charge is -1.94. The van der Waals surface area contributed by atoms with Crippen molar-refractivity contribution in [2.45, 2.75) is 0 Å². The van der Waals surface area contributed by atoms with Gasteiger partial charge in [-0.15, -0.1) is 0 Å². The van der Waals surface area contributed by atoms with Gasteiger partial charge in [0.25, 0.3) is 0 Å². The Balaban J connectivity index is 3.23. The Bertz CT molecular complexity index is 370. The van der Waals surface area contributed by atoms with Gasteiger partial charge in [0.1, 0.15) is 23.1 Å². The molecule has 0 unspecified atom stereocenters. The van der Waals surface area contributed by atoms with Gasteiger partial charge in [-0.3, -0.25) is 0 Å². The topological polar surface area (TPSA) is 74.0 Å². The summed E-state index contributed by atoms with van der Waals surface area (Å²) < 4.78 is 12.7. The highest BCUT2D eigenvalue weighted by Crippen LogP contribution is 2.06. The molecule has 60 valence electrons. The summed E-state index contributed by atoms with van der Waals surface area (Å²) in [4.78, 5) is 13.7. The Morgan fingerprint density at radius 3 is 2.83 bits per heavy atom. The SMILES string of the molecule is N#Cc1cc(F)c(C(=O)O)cn1. The Morgan fingerprint density at radius 1 is 1.75 bits per heavy atom. The van der Waals surface area contributed by atoms with Crippen molar-refractivity contribution in [2.24, 2.45) is 0 Å². The number of pyridine rings is 1. The number of carbonyl (C=O) groups is 1. The third-order valence-corrected chi connectivity index (χ3v) is 1.20. The van der Waals surface area contributed by atoms with Crippen molar-refractivity contribution in [3.05, 3.63) is 29.3 Å². The van der Waals surface area contributed by atoms with E-state index in [0.717, 1.165) is 12.3 Å². The Hall–Kier alpha value is -1.96. The predicted octanol–water partition coefficient (Wildman–Crippen LogP) is 0.791. The summed E-state index contributed by atoms with van der Waals surface area (Å²) in [5.74, 6) is -2.35. The van der Waals surface area contributed by atoms with Crippen LogP contribution in [0, 0.1) is 17.1 Å². The molecule has 1 aromatic rings. The fourth-order valence-electron chi connectivity index (χ4n) is 0.649. The summed E-state index contributed by atoms with van der Waals surface area (Å²) in [5, 5.41) is 16.6. The van der Waals surface area contributed by atoms with Gasteiger partial charge in [-0.2, -0.15) is 5.26 Å². The molecular weight excluding hydrogens is 163 g/mol. The van der Waals surface area contributed by atoms with E-state index in [2.05, 4.69) is 4.98 Å². The van der Waals surface area contributed by atoms with E-state index in [0.29, 0.717) is 0 Å². The maximum absolute atomic E-state index is 12.7. The van der Waals surface area contributed by atoms with Crippen LogP contribution in [0.15, 0.2) is 12.3 Å². The van der Waals surface area contributed by atoms with Gasteiger partial charge in [-0.05, 0) is 0 Å². The van der Waals surface area contributed by atoms with E-state index in [1.54, 1.807) is 6.07 Å². The number of nitriles is 1. The summed E-state index contributed by atoms with van der Waals surface area (Å²) >= 11 is 0. The number of halogens is 1. The van der Waals surface area contributed by atoms with Crippen LogP contribution in [0.25, 0.3) is 0 Å². The normalized spacial score (nSPS) is 9.00. The summed E-state index contributed by atoms with van der Waals surface area (Å²) in [5.41, 5.74) is -0.675. The molecule has 1 aromatic heterocycles. The van der Waals surface area contributed by atoms with E-state index in [4.69, 9.17) is 10.4 Å².